The molecule has 5 aromatic rings. The van der Waals surface area contributed by atoms with Crippen LogP contribution in [0.3, 0.4) is 0 Å². The van der Waals surface area contributed by atoms with E-state index >= 15 is 0 Å². The van der Waals surface area contributed by atoms with Gasteiger partial charge in [0, 0.05) is 18.8 Å². The fraction of sp³-hybridized carbons (Fsp3) is 0.368. The van der Waals surface area contributed by atoms with Crippen LogP contribution in [0.25, 0.3) is 22.1 Å². The second kappa shape index (κ2) is 10.7. The molecule has 3 saturated heterocycles. The SMILES string of the molecule is C=C1CN[C@H](c2nc3ccc([C@H]4CC[C@@H](c5ccc6nc([C@@H]7CC(=C)CN7)[nH]c6c5)N4c4ccc(C(C)(C)C)cc4)cc3[nH]2)C1. The Morgan fingerprint density at radius 2 is 1.18 bits per heavy atom. The molecule has 0 aliphatic carbocycles. The number of nitrogens with one attached hydrogen (secondary N) is 4. The van der Waals surface area contributed by atoms with Crippen molar-refractivity contribution in [3.63, 3.8) is 0 Å². The normalized spacial score (nSPS) is 24.1. The van der Waals surface area contributed by atoms with Crippen LogP contribution in [-0.2, 0) is 5.41 Å². The number of aromatic amines is 2. The molecule has 3 aliphatic heterocycles. The maximum absolute atomic E-state index is 4.94. The molecule has 0 amide bonds. The van der Waals surface area contributed by atoms with E-state index in [9.17, 15) is 0 Å². The molecule has 45 heavy (non-hydrogen) atoms. The molecule has 7 nitrogen and oxygen atoms in total. The zero-order valence-corrected chi connectivity index (χ0v) is 26.6. The summed E-state index contributed by atoms with van der Waals surface area (Å²) in [5, 5.41) is 7.07. The summed E-state index contributed by atoms with van der Waals surface area (Å²) in [7, 11) is 0. The summed E-state index contributed by atoms with van der Waals surface area (Å²) in [6.45, 7) is 16.9. The fourth-order valence-corrected chi connectivity index (χ4v) is 7.59. The van der Waals surface area contributed by atoms with Gasteiger partial charge < -0.3 is 25.5 Å². The molecule has 0 bridgehead atoms. The Morgan fingerprint density at radius 3 is 1.60 bits per heavy atom. The summed E-state index contributed by atoms with van der Waals surface area (Å²) in [6.07, 6.45) is 4.01. The number of hydrogen-bond donors (Lipinski definition) is 4. The second-order valence-corrected chi connectivity index (χ2v) is 14.4. The summed E-state index contributed by atoms with van der Waals surface area (Å²) < 4.78 is 0. The van der Waals surface area contributed by atoms with Crippen molar-refractivity contribution >= 4 is 27.8 Å². The molecule has 230 valence electrons. The van der Waals surface area contributed by atoms with E-state index in [2.05, 4.69) is 120 Å². The van der Waals surface area contributed by atoms with Crippen LogP contribution in [0.4, 0.5) is 5.69 Å². The average Bonchev–Trinajstić information content (AvgIpc) is 3.85. The third kappa shape index (κ3) is 5.18. The minimum absolute atomic E-state index is 0.107. The number of H-pyrrole nitrogens is 2. The van der Waals surface area contributed by atoms with Crippen LogP contribution in [0.15, 0.2) is 85.0 Å². The summed E-state index contributed by atoms with van der Waals surface area (Å²) in [4.78, 5) is 19.8. The van der Waals surface area contributed by atoms with Gasteiger partial charge in [-0.25, -0.2) is 9.97 Å². The second-order valence-electron chi connectivity index (χ2n) is 14.4. The summed E-state index contributed by atoms with van der Waals surface area (Å²) in [5.41, 5.74) is 12.1. The third-order valence-electron chi connectivity index (χ3n) is 10.1. The van der Waals surface area contributed by atoms with Crippen molar-refractivity contribution in [3.8, 4) is 0 Å². The molecule has 4 N–H and O–H groups in total. The van der Waals surface area contributed by atoms with Crippen molar-refractivity contribution in [1.29, 1.82) is 0 Å². The van der Waals surface area contributed by atoms with Crippen molar-refractivity contribution in [3.05, 3.63) is 113 Å². The van der Waals surface area contributed by atoms with Crippen molar-refractivity contribution in [2.75, 3.05) is 18.0 Å². The first-order valence-electron chi connectivity index (χ1n) is 16.4. The topological polar surface area (TPSA) is 84.7 Å². The predicted molar refractivity (Wildman–Crippen MR) is 184 cm³/mol. The van der Waals surface area contributed by atoms with E-state index in [0.29, 0.717) is 0 Å². The first kappa shape index (κ1) is 28.3. The number of rotatable bonds is 5. The molecule has 3 aliphatic rings. The van der Waals surface area contributed by atoms with Crippen LogP contribution in [0.5, 0.6) is 0 Å². The lowest BCUT2D eigenvalue weighted by molar-refractivity contribution is 0.589. The molecule has 5 heterocycles. The van der Waals surface area contributed by atoms with E-state index in [4.69, 9.17) is 9.97 Å². The zero-order chi connectivity index (χ0) is 30.9. The number of hydrogen-bond acceptors (Lipinski definition) is 5. The Hall–Kier alpha value is -4.20. The molecule has 2 aromatic heterocycles. The largest absolute Gasteiger partial charge is 0.357 e. The van der Waals surface area contributed by atoms with Crippen LogP contribution in [0.1, 0.15) is 99.0 Å². The highest BCUT2D eigenvalue weighted by Gasteiger charge is 2.36. The number of aromatic nitrogens is 4. The molecule has 0 unspecified atom stereocenters. The minimum atomic E-state index is 0.107. The lowest BCUT2D eigenvalue weighted by Crippen LogP contribution is -2.26. The minimum Gasteiger partial charge on any atom is -0.357 e. The van der Waals surface area contributed by atoms with Crippen LogP contribution in [-0.4, -0.2) is 33.0 Å². The Bertz CT molecular complexity index is 1810. The fourth-order valence-electron chi connectivity index (χ4n) is 7.59. The van der Waals surface area contributed by atoms with Crippen molar-refractivity contribution in [2.45, 2.75) is 76.0 Å². The van der Waals surface area contributed by atoms with Gasteiger partial charge in [0.15, 0.2) is 0 Å². The number of fused-ring (bicyclic) bond motifs is 2. The van der Waals surface area contributed by atoms with E-state index in [1.165, 1.54) is 33.5 Å². The maximum atomic E-state index is 4.94. The Kier molecular flexibility index (Phi) is 6.73. The van der Waals surface area contributed by atoms with E-state index in [-0.39, 0.29) is 29.6 Å². The quantitative estimate of drug-likeness (QED) is 0.154. The summed E-state index contributed by atoms with van der Waals surface area (Å²) >= 11 is 0. The van der Waals surface area contributed by atoms with Gasteiger partial charge in [0.05, 0.1) is 46.2 Å². The summed E-state index contributed by atoms with van der Waals surface area (Å²) in [6, 6.07) is 23.8. The monoisotopic (exact) mass is 597 g/mol. The van der Waals surface area contributed by atoms with Crippen molar-refractivity contribution in [2.24, 2.45) is 0 Å². The first-order chi connectivity index (χ1) is 21.7. The van der Waals surface area contributed by atoms with Gasteiger partial charge in [-0.3, -0.25) is 0 Å². The standard InChI is InChI=1S/C38H43N7/c1-22-16-32(39-20-22)36-41-28-12-6-24(18-30(28)43-36)34-14-15-35(45(34)27-10-8-26(9-11-27)38(3,4)5)25-7-13-29-31(19-25)44-37(42-29)33-17-23(2)21-40-33/h6-13,18-19,32-35,39-40H,1-2,14-17,20-21H2,3-5H3,(H,41,43)(H,42,44)/t32-,33-,34-,35+/m0/s1. The molecule has 0 saturated carbocycles. The molecule has 8 rings (SSSR count). The van der Waals surface area contributed by atoms with Gasteiger partial charge in [-0.05, 0) is 84.2 Å². The maximum Gasteiger partial charge on any atom is 0.124 e. The smallest absolute Gasteiger partial charge is 0.124 e. The van der Waals surface area contributed by atoms with Gasteiger partial charge >= 0.3 is 0 Å². The Morgan fingerprint density at radius 1 is 0.689 bits per heavy atom. The van der Waals surface area contributed by atoms with Crippen LogP contribution in [0, 0.1) is 0 Å². The predicted octanol–water partition coefficient (Wildman–Crippen LogP) is 8.00. The van der Waals surface area contributed by atoms with Gasteiger partial charge in [-0.2, -0.15) is 0 Å². The van der Waals surface area contributed by atoms with E-state index < -0.39 is 0 Å². The number of nitrogens with zero attached hydrogens (tertiary/aromatic N) is 3. The highest BCUT2D eigenvalue weighted by molar-refractivity contribution is 5.78. The van der Waals surface area contributed by atoms with Crippen LogP contribution >= 0.6 is 0 Å². The van der Waals surface area contributed by atoms with E-state index in [1.807, 2.05) is 0 Å². The average molecular weight is 598 g/mol. The molecule has 0 spiro atoms. The van der Waals surface area contributed by atoms with Crippen molar-refractivity contribution < 1.29 is 0 Å². The highest BCUT2D eigenvalue weighted by atomic mass is 15.2. The van der Waals surface area contributed by atoms with Gasteiger partial charge in [0.2, 0.25) is 0 Å². The zero-order valence-electron chi connectivity index (χ0n) is 26.6. The highest BCUT2D eigenvalue weighted by Crippen LogP contribution is 2.48. The Balaban J connectivity index is 1.15. The van der Waals surface area contributed by atoms with E-state index in [0.717, 1.165) is 72.5 Å². The van der Waals surface area contributed by atoms with Crippen molar-refractivity contribution in [1.82, 2.24) is 30.6 Å². The van der Waals surface area contributed by atoms with Gasteiger partial charge in [0.25, 0.3) is 0 Å². The summed E-state index contributed by atoms with van der Waals surface area (Å²) in [5.74, 6) is 2.01. The molecule has 3 aromatic carbocycles. The molecule has 7 heteroatoms. The lowest BCUT2D eigenvalue weighted by atomic mass is 9.87. The number of anilines is 1. The third-order valence-corrected chi connectivity index (χ3v) is 10.1. The van der Waals surface area contributed by atoms with Gasteiger partial charge in [0.1, 0.15) is 11.6 Å². The van der Waals surface area contributed by atoms with Gasteiger partial charge in [-0.1, -0.05) is 69.3 Å². The lowest BCUT2D eigenvalue weighted by Gasteiger charge is -2.34. The molecular formula is C38H43N7. The molecule has 4 atom stereocenters. The number of imidazole rings is 2. The number of benzene rings is 3. The first-order valence-corrected chi connectivity index (χ1v) is 16.4. The van der Waals surface area contributed by atoms with Crippen LogP contribution in [0.2, 0.25) is 0 Å². The molecular weight excluding hydrogens is 554 g/mol. The van der Waals surface area contributed by atoms with E-state index in [1.54, 1.807) is 0 Å². The molecule has 0 radical (unpaired) electrons. The van der Waals surface area contributed by atoms with Gasteiger partial charge in [-0.15, -0.1) is 0 Å². The van der Waals surface area contributed by atoms with Crippen LogP contribution < -0.4 is 15.5 Å². The molecule has 3 fully saturated rings. The Labute approximate surface area is 265 Å².